The molecule has 29 heavy (non-hydrogen) atoms. The third-order valence-corrected chi connectivity index (χ3v) is 5.74. The minimum atomic E-state index is -4.77. The first-order chi connectivity index (χ1) is 13.5. The number of nitrogens with one attached hydrogen (secondary N) is 1. The second kappa shape index (κ2) is 7.87. The van der Waals surface area contributed by atoms with E-state index in [1.165, 1.54) is 6.26 Å². The zero-order chi connectivity index (χ0) is 21.2. The van der Waals surface area contributed by atoms with Gasteiger partial charge in [-0.15, -0.1) is 0 Å². The zero-order valence-electron chi connectivity index (χ0n) is 15.2. The van der Waals surface area contributed by atoms with Crippen LogP contribution in [-0.2, 0) is 26.7 Å². The SMILES string of the molecule is Cc1ccc(Oc2cc(NCc3ccco3)c(S(=O)(=O)O)cc2S(N)(=O)=O)cc1. The zero-order valence-corrected chi connectivity index (χ0v) is 16.8. The summed E-state index contributed by atoms with van der Waals surface area (Å²) < 4.78 is 68.0. The Morgan fingerprint density at radius 3 is 2.31 bits per heavy atom. The van der Waals surface area contributed by atoms with Crippen molar-refractivity contribution in [1.82, 2.24) is 0 Å². The van der Waals surface area contributed by atoms with Crippen LogP contribution < -0.4 is 15.2 Å². The van der Waals surface area contributed by atoms with Crippen molar-refractivity contribution in [2.45, 2.75) is 23.3 Å². The largest absolute Gasteiger partial charge is 0.467 e. The molecule has 1 heterocycles. The number of ether oxygens (including phenoxy) is 1. The Morgan fingerprint density at radius 1 is 1.07 bits per heavy atom. The lowest BCUT2D eigenvalue weighted by molar-refractivity contribution is 0.465. The summed E-state index contributed by atoms with van der Waals surface area (Å²) in [5.41, 5.74) is 0.880. The Bertz CT molecular complexity index is 1220. The number of furan rings is 1. The summed E-state index contributed by atoms with van der Waals surface area (Å²) >= 11 is 0. The predicted molar refractivity (Wildman–Crippen MR) is 105 cm³/mol. The van der Waals surface area contributed by atoms with Crippen LogP contribution in [0.4, 0.5) is 5.69 Å². The monoisotopic (exact) mass is 438 g/mol. The van der Waals surface area contributed by atoms with E-state index in [1.807, 2.05) is 6.92 Å². The smallest absolute Gasteiger partial charge is 0.296 e. The summed E-state index contributed by atoms with van der Waals surface area (Å²) in [7, 11) is -9.14. The molecule has 3 aromatic rings. The summed E-state index contributed by atoms with van der Waals surface area (Å²) in [5.74, 6) is 0.602. The van der Waals surface area contributed by atoms with Crippen LogP contribution in [0.25, 0.3) is 0 Å². The molecule has 11 heteroatoms. The number of sulfonamides is 1. The van der Waals surface area contributed by atoms with Gasteiger partial charge in [-0.05, 0) is 37.3 Å². The van der Waals surface area contributed by atoms with Crippen molar-refractivity contribution in [3.05, 3.63) is 66.1 Å². The molecule has 0 amide bonds. The van der Waals surface area contributed by atoms with Gasteiger partial charge in [0.15, 0.2) is 0 Å². The van der Waals surface area contributed by atoms with Crippen molar-refractivity contribution in [3.63, 3.8) is 0 Å². The van der Waals surface area contributed by atoms with Gasteiger partial charge in [0, 0.05) is 6.07 Å². The number of primary sulfonamides is 1. The summed E-state index contributed by atoms with van der Waals surface area (Å²) in [4.78, 5) is -1.25. The van der Waals surface area contributed by atoms with Gasteiger partial charge in [-0.25, -0.2) is 13.6 Å². The molecule has 1 aromatic heterocycles. The molecule has 0 spiro atoms. The first kappa shape index (κ1) is 20.9. The van der Waals surface area contributed by atoms with E-state index in [4.69, 9.17) is 14.3 Å². The van der Waals surface area contributed by atoms with Crippen molar-refractivity contribution in [3.8, 4) is 11.5 Å². The van der Waals surface area contributed by atoms with Crippen LogP contribution in [0.2, 0.25) is 0 Å². The molecule has 0 aliphatic rings. The van der Waals surface area contributed by atoms with Crippen LogP contribution in [0.15, 0.2) is 69.0 Å². The standard InChI is InChI=1S/C18H18N2O7S2/c1-12-4-6-13(7-5-12)27-16-9-15(20-11-14-3-2-8-26-14)17(29(23,24)25)10-18(16)28(19,21)22/h2-10,20H,11H2,1H3,(H2,19,21,22)(H,23,24,25). The molecule has 0 aliphatic heterocycles. The van der Waals surface area contributed by atoms with Gasteiger partial charge >= 0.3 is 0 Å². The summed E-state index contributed by atoms with van der Waals surface area (Å²) in [6.45, 7) is 1.95. The van der Waals surface area contributed by atoms with Gasteiger partial charge in [-0.1, -0.05) is 17.7 Å². The molecule has 3 rings (SSSR count). The Kier molecular flexibility index (Phi) is 5.66. The molecule has 0 saturated carbocycles. The number of nitrogens with two attached hydrogens (primary N) is 1. The van der Waals surface area contributed by atoms with Crippen LogP contribution in [-0.4, -0.2) is 21.4 Å². The fraction of sp³-hybridized carbons (Fsp3) is 0.111. The minimum absolute atomic E-state index is 0.0776. The highest BCUT2D eigenvalue weighted by atomic mass is 32.2. The lowest BCUT2D eigenvalue weighted by Crippen LogP contribution is -2.15. The first-order valence-corrected chi connectivity index (χ1v) is 11.2. The lowest BCUT2D eigenvalue weighted by Gasteiger charge is -2.16. The third kappa shape index (κ3) is 5.15. The Balaban J connectivity index is 2.11. The van der Waals surface area contributed by atoms with Crippen molar-refractivity contribution in [2.24, 2.45) is 5.14 Å². The lowest BCUT2D eigenvalue weighted by atomic mass is 10.2. The Labute approximate surface area is 167 Å². The van der Waals surface area contributed by atoms with Crippen molar-refractivity contribution >= 4 is 25.8 Å². The average Bonchev–Trinajstić information content (AvgIpc) is 3.13. The van der Waals surface area contributed by atoms with Gasteiger partial charge in [-0.3, -0.25) is 4.55 Å². The van der Waals surface area contributed by atoms with Gasteiger partial charge in [-0.2, -0.15) is 8.42 Å². The Hall–Kier alpha value is -2.86. The molecule has 0 unspecified atom stereocenters. The second-order valence-corrected chi connectivity index (χ2v) is 9.08. The van der Waals surface area contributed by atoms with Crippen LogP contribution in [0, 0.1) is 6.92 Å². The van der Waals surface area contributed by atoms with E-state index in [0.29, 0.717) is 11.5 Å². The highest BCUT2D eigenvalue weighted by Crippen LogP contribution is 2.36. The van der Waals surface area contributed by atoms with Crippen LogP contribution in [0.5, 0.6) is 11.5 Å². The molecule has 4 N–H and O–H groups in total. The van der Waals surface area contributed by atoms with Crippen LogP contribution >= 0.6 is 0 Å². The maximum absolute atomic E-state index is 12.0. The van der Waals surface area contributed by atoms with E-state index < -0.39 is 29.9 Å². The number of aryl methyl sites for hydroxylation is 1. The molecule has 154 valence electrons. The molecule has 0 atom stereocenters. The van der Waals surface area contributed by atoms with Gasteiger partial charge < -0.3 is 14.5 Å². The molecule has 2 aromatic carbocycles. The Morgan fingerprint density at radius 2 is 1.76 bits per heavy atom. The summed E-state index contributed by atoms with van der Waals surface area (Å²) in [6.07, 6.45) is 1.44. The molecule has 0 radical (unpaired) electrons. The number of rotatable bonds is 7. The summed E-state index contributed by atoms with van der Waals surface area (Å²) in [6, 6.07) is 12.0. The van der Waals surface area contributed by atoms with Crippen molar-refractivity contribution < 1.29 is 30.5 Å². The topological polar surface area (TPSA) is 149 Å². The van der Waals surface area contributed by atoms with E-state index in [1.54, 1.807) is 36.4 Å². The van der Waals surface area contributed by atoms with Crippen molar-refractivity contribution in [1.29, 1.82) is 0 Å². The molecule has 0 saturated heterocycles. The van der Waals surface area contributed by atoms with Gasteiger partial charge in [0.05, 0.1) is 18.5 Å². The van der Waals surface area contributed by atoms with E-state index in [9.17, 15) is 21.4 Å². The number of hydrogen-bond donors (Lipinski definition) is 3. The maximum atomic E-state index is 12.0. The molecule has 0 aliphatic carbocycles. The second-order valence-electron chi connectivity index (χ2n) is 6.16. The molecular formula is C18H18N2O7S2. The maximum Gasteiger partial charge on any atom is 0.296 e. The number of benzene rings is 2. The van der Waals surface area contributed by atoms with Gasteiger partial charge in [0.2, 0.25) is 10.0 Å². The fourth-order valence-electron chi connectivity index (χ4n) is 2.52. The number of hydrogen-bond acceptors (Lipinski definition) is 7. The molecule has 0 bridgehead atoms. The quantitative estimate of drug-likeness (QED) is 0.477. The highest BCUT2D eigenvalue weighted by Gasteiger charge is 2.25. The van der Waals surface area contributed by atoms with E-state index in [0.717, 1.165) is 17.7 Å². The highest BCUT2D eigenvalue weighted by molar-refractivity contribution is 7.89. The predicted octanol–water partition coefficient (Wildman–Crippen LogP) is 2.89. The van der Waals surface area contributed by atoms with Crippen molar-refractivity contribution in [2.75, 3.05) is 5.32 Å². The molecule has 9 nitrogen and oxygen atoms in total. The van der Waals surface area contributed by atoms with Gasteiger partial charge in [0.25, 0.3) is 10.1 Å². The fourth-order valence-corrected chi connectivity index (χ4v) is 3.94. The van der Waals surface area contributed by atoms with Crippen LogP contribution in [0.1, 0.15) is 11.3 Å². The van der Waals surface area contributed by atoms with Crippen LogP contribution in [0.3, 0.4) is 0 Å². The molecule has 0 fully saturated rings. The average molecular weight is 438 g/mol. The third-order valence-electron chi connectivity index (χ3n) is 3.91. The summed E-state index contributed by atoms with van der Waals surface area (Å²) in [5, 5.41) is 8.02. The normalized spacial score (nSPS) is 12.0. The number of anilines is 1. The molecular weight excluding hydrogens is 420 g/mol. The first-order valence-electron chi connectivity index (χ1n) is 8.23. The van der Waals surface area contributed by atoms with E-state index in [-0.39, 0.29) is 18.0 Å². The van der Waals surface area contributed by atoms with E-state index >= 15 is 0 Å². The van der Waals surface area contributed by atoms with E-state index in [2.05, 4.69) is 5.32 Å². The minimum Gasteiger partial charge on any atom is -0.467 e. The van der Waals surface area contributed by atoms with Gasteiger partial charge in [0.1, 0.15) is 27.1 Å².